The van der Waals surface area contributed by atoms with Gasteiger partial charge in [0.1, 0.15) is 0 Å². The molecule has 0 unspecified atom stereocenters. The molecule has 1 atom stereocenters. The Morgan fingerprint density at radius 2 is 1.80 bits per heavy atom. The van der Waals surface area contributed by atoms with Gasteiger partial charge in [0.25, 0.3) is 5.91 Å². The molecule has 0 bridgehead atoms. The molecule has 2 rings (SSSR count). The number of nitrogens with one attached hydrogen (secondary N) is 1. The van der Waals surface area contributed by atoms with Crippen LogP contribution in [0, 0.1) is 0 Å². The summed E-state index contributed by atoms with van der Waals surface area (Å²) >= 11 is 0. The first-order valence-corrected chi connectivity index (χ1v) is 9.33. The molecule has 0 radical (unpaired) electrons. The minimum atomic E-state index is -4.78. The summed E-state index contributed by atoms with van der Waals surface area (Å²) in [5.41, 5.74) is 0.956. The van der Waals surface area contributed by atoms with E-state index < -0.39 is 12.5 Å². The molecule has 9 heteroatoms. The van der Waals surface area contributed by atoms with Crippen LogP contribution in [0.2, 0.25) is 0 Å². The number of halogens is 3. The van der Waals surface area contributed by atoms with E-state index in [1.54, 1.807) is 45.3 Å². The van der Waals surface area contributed by atoms with Gasteiger partial charge in [-0.25, -0.2) is 0 Å². The number of likely N-dealkylation sites (N-methyl/N-ethyl adjacent to an activating group) is 1. The highest BCUT2D eigenvalue weighted by molar-refractivity contribution is 5.80. The van der Waals surface area contributed by atoms with Crippen LogP contribution in [-0.4, -0.2) is 44.0 Å². The number of anilines is 1. The highest BCUT2D eigenvalue weighted by Crippen LogP contribution is 2.32. The van der Waals surface area contributed by atoms with Crippen molar-refractivity contribution in [3.05, 3.63) is 48.0 Å². The molecule has 0 fully saturated rings. The van der Waals surface area contributed by atoms with Gasteiger partial charge in [-0.3, -0.25) is 4.79 Å². The average molecular weight is 426 g/mol. The van der Waals surface area contributed by atoms with Gasteiger partial charge in [0, 0.05) is 20.6 Å². The molecule has 30 heavy (non-hydrogen) atoms. The Kier molecular flexibility index (Phi) is 7.79. The molecule has 1 N–H and O–H groups in total. The number of carbonyl (C=O) groups is 1. The molecule has 0 saturated carbocycles. The summed E-state index contributed by atoms with van der Waals surface area (Å²) in [5.74, 6) is 0.342. The second-order valence-electron chi connectivity index (χ2n) is 6.60. The molecule has 0 aliphatic carbocycles. The third-order valence-corrected chi connectivity index (χ3v) is 4.00. The summed E-state index contributed by atoms with van der Waals surface area (Å²) < 4.78 is 53.1. The van der Waals surface area contributed by atoms with Crippen LogP contribution in [0.25, 0.3) is 0 Å². The zero-order valence-electron chi connectivity index (χ0n) is 17.2. The summed E-state index contributed by atoms with van der Waals surface area (Å²) in [7, 11) is 3.28. The smallest absolute Gasteiger partial charge is 0.490 e. The van der Waals surface area contributed by atoms with E-state index in [1.807, 2.05) is 6.92 Å². The first kappa shape index (κ1) is 23.2. The Hall–Kier alpha value is -3.10. The highest BCUT2D eigenvalue weighted by Gasteiger charge is 2.32. The average Bonchev–Trinajstić information content (AvgIpc) is 2.67. The van der Waals surface area contributed by atoms with E-state index in [9.17, 15) is 18.0 Å². The standard InChI is InChI=1S/C21H25F3N2O4/c1-5-28-19-12-15(10-11-18(19)29-14(2)20(27)26(3)4)13-25-16-8-6-7-9-17(16)30-21(22,23)24/h6-12,14,25H,5,13H2,1-4H3/t14-/m1/s1. The number of alkyl halides is 3. The molecule has 6 nitrogen and oxygen atoms in total. The number of carbonyl (C=O) groups excluding carboxylic acids is 1. The van der Waals surface area contributed by atoms with Gasteiger partial charge in [0.05, 0.1) is 12.3 Å². The molecule has 1 amide bonds. The van der Waals surface area contributed by atoms with Crippen molar-refractivity contribution in [1.29, 1.82) is 0 Å². The van der Waals surface area contributed by atoms with Gasteiger partial charge in [-0.1, -0.05) is 18.2 Å². The van der Waals surface area contributed by atoms with Crippen LogP contribution in [0.3, 0.4) is 0 Å². The van der Waals surface area contributed by atoms with Crippen LogP contribution in [0.5, 0.6) is 17.2 Å². The maximum Gasteiger partial charge on any atom is 0.573 e. The maximum absolute atomic E-state index is 12.6. The van der Waals surface area contributed by atoms with Crippen molar-refractivity contribution < 1.29 is 32.2 Å². The van der Waals surface area contributed by atoms with Crippen LogP contribution < -0.4 is 19.5 Å². The van der Waals surface area contributed by atoms with E-state index in [2.05, 4.69) is 10.1 Å². The summed E-state index contributed by atoms with van der Waals surface area (Å²) in [4.78, 5) is 13.5. The van der Waals surface area contributed by atoms with E-state index in [0.29, 0.717) is 18.1 Å². The van der Waals surface area contributed by atoms with Gasteiger partial charge in [-0.15, -0.1) is 13.2 Å². The Morgan fingerprint density at radius 1 is 1.10 bits per heavy atom. The Morgan fingerprint density at radius 3 is 2.43 bits per heavy atom. The molecular formula is C21H25F3N2O4. The van der Waals surface area contributed by atoms with Crippen LogP contribution in [0.1, 0.15) is 19.4 Å². The molecule has 0 aliphatic heterocycles. The fourth-order valence-electron chi connectivity index (χ4n) is 2.66. The van der Waals surface area contributed by atoms with E-state index in [4.69, 9.17) is 9.47 Å². The van der Waals surface area contributed by atoms with Crippen molar-refractivity contribution in [3.8, 4) is 17.2 Å². The predicted molar refractivity (Wildman–Crippen MR) is 107 cm³/mol. The zero-order valence-corrected chi connectivity index (χ0v) is 17.2. The molecule has 164 valence electrons. The number of para-hydroxylation sites is 2. The third-order valence-electron chi connectivity index (χ3n) is 4.00. The van der Waals surface area contributed by atoms with Crippen LogP contribution >= 0.6 is 0 Å². The van der Waals surface area contributed by atoms with E-state index >= 15 is 0 Å². The zero-order chi connectivity index (χ0) is 22.3. The lowest BCUT2D eigenvalue weighted by atomic mass is 10.2. The van der Waals surface area contributed by atoms with Crippen molar-refractivity contribution in [1.82, 2.24) is 4.90 Å². The minimum Gasteiger partial charge on any atom is -0.490 e. The van der Waals surface area contributed by atoms with E-state index in [-0.39, 0.29) is 23.9 Å². The largest absolute Gasteiger partial charge is 0.573 e. The normalized spacial score (nSPS) is 12.1. The lowest BCUT2D eigenvalue weighted by molar-refractivity contribution is -0.274. The number of ether oxygens (including phenoxy) is 3. The highest BCUT2D eigenvalue weighted by atomic mass is 19.4. The minimum absolute atomic E-state index is 0.190. The van der Waals surface area contributed by atoms with Crippen molar-refractivity contribution in [2.45, 2.75) is 32.9 Å². The Balaban J connectivity index is 2.15. The molecule has 0 aliphatic rings. The van der Waals surface area contributed by atoms with Crippen LogP contribution in [0.15, 0.2) is 42.5 Å². The second kappa shape index (κ2) is 10.1. The van der Waals surface area contributed by atoms with Gasteiger partial charge >= 0.3 is 6.36 Å². The lowest BCUT2D eigenvalue weighted by Gasteiger charge is -2.20. The summed E-state index contributed by atoms with van der Waals surface area (Å²) in [6.45, 7) is 4.06. The Labute approximate surface area is 173 Å². The summed E-state index contributed by atoms with van der Waals surface area (Å²) in [6.07, 6.45) is -5.48. The van der Waals surface area contributed by atoms with Gasteiger partial charge in [-0.2, -0.15) is 0 Å². The SMILES string of the molecule is CCOc1cc(CNc2ccccc2OC(F)(F)F)ccc1O[C@H](C)C(=O)N(C)C. The van der Waals surface area contributed by atoms with Gasteiger partial charge in [0.2, 0.25) is 0 Å². The number of nitrogens with zero attached hydrogens (tertiary/aromatic N) is 1. The van der Waals surface area contributed by atoms with Crippen molar-refractivity contribution >= 4 is 11.6 Å². The van der Waals surface area contributed by atoms with Gasteiger partial charge in [0.15, 0.2) is 23.4 Å². The fraction of sp³-hybridized carbons (Fsp3) is 0.381. The number of benzene rings is 2. The Bertz CT molecular complexity index is 856. The van der Waals surface area contributed by atoms with Crippen molar-refractivity contribution in [2.75, 3.05) is 26.0 Å². The lowest BCUT2D eigenvalue weighted by Crippen LogP contribution is -2.35. The number of hydrogen-bond donors (Lipinski definition) is 1. The van der Waals surface area contributed by atoms with Crippen molar-refractivity contribution in [3.63, 3.8) is 0 Å². The molecule has 2 aromatic carbocycles. The molecule has 2 aromatic rings. The van der Waals surface area contributed by atoms with Gasteiger partial charge in [-0.05, 0) is 43.7 Å². The molecular weight excluding hydrogens is 401 g/mol. The van der Waals surface area contributed by atoms with Crippen LogP contribution in [0.4, 0.5) is 18.9 Å². The summed E-state index contributed by atoms with van der Waals surface area (Å²) in [5, 5.41) is 2.93. The number of amides is 1. The van der Waals surface area contributed by atoms with Crippen molar-refractivity contribution in [2.24, 2.45) is 0 Å². The quantitative estimate of drug-likeness (QED) is 0.642. The summed E-state index contributed by atoms with van der Waals surface area (Å²) in [6, 6.07) is 10.9. The first-order valence-electron chi connectivity index (χ1n) is 9.33. The fourth-order valence-corrected chi connectivity index (χ4v) is 2.66. The number of rotatable bonds is 9. The number of hydrogen-bond acceptors (Lipinski definition) is 5. The monoisotopic (exact) mass is 426 g/mol. The third kappa shape index (κ3) is 6.75. The van der Waals surface area contributed by atoms with Crippen LogP contribution in [-0.2, 0) is 11.3 Å². The van der Waals surface area contributed by atoms with E-state index in [0.717, 1.165) is 5.56 Å². The maximum atomic E-state index is 12.6. The first-order chi connectivity index (χ1) is 14.1. The van der Waals surface area contributed by atoms with Gasteiger partial charge < -0.3 is 24.4 Å². The molecule has 0 spiro atoms. The second-order valence-corrected chi connectivity index (χ2v) is 6.60. The molecule has 0 saturated heterocycles. The molecule has 0 heterocycles. The topological polar surface area (TPSA) is 60.0 Å². The van der Waals surface area contributed by atoms with E-state index in [1.165, 1.54) is 23.1 Å². The molecule has 0 aromatic heterocycles. The predicted octanol–water partition coefficient (Wildman–Crippen LogP) is 4.45.